The summed E-state index contributed by atoms with van der Waals surface area (Å²) in [6, 6.07) is 0.263. The standard InChI is InChI=1S/C15H25N3O2/c1-6-20-14(19)15(16-5)8-7-13(9-15)18-12(4)10(2)11(3)17-18/h13,16H,6-9H2,1-5H3. The lowest BCUT2D eigenvalue weighted by Gasteiger charge is -2.26. The molecule has 0 aromatic carbocycles. The molecule has 20 heavy (non-hydrogen) atoms. The van der Waals surface area contributed by atoms with Gasteiger partial charge in [0, 0.05) is 5.69 Å². The quantitative estimate of drug-likeness (QED) is 0.857. The molecule has 5 heteroatoms. The Balaban J connectivity index is 2.22. The number of carbonyl (C=O) groups excluding carboxylic acids is 1. The van der Waals surface area contributed by atoms with Crippen molar-refractivity contribution in [2.45, 2.75) is 58.5 Å². The van der Waals surface area contributed by atoms with Crippen molar-refractivity contribution in [2.75, 3.05) is 13.7 Å². The van der Waals surface area contributed by atoms with E-state index in [1.807, 2.05) is 20.9 Å². The molecule has 0 spiro atoms. The van der Waals surface area contributed by atoms with Crippen molar-refractivity contribution in [1.29, 1.82) is 0 Å². The average molecular weight is 279 g/mol. The third-order valence-corrected chi connectivity index (χ3v) is 4.67. The number of nitrogens with zero attached hydrogens (tertiary/aromatic N) is 2. The maximum absolute atomic E-state index is 12.2. The summed E-state index contributed by atoms with van der Waals surface area (Å²) in [6.07, 6.45) is 2.48. The minimum atomic E-state index is -0.555. The molecule has 2 rings (SSSR count). The van der Waals surface area contributed by atoms with Gasteiger partial charge in [-0.15, -0.1) is 0 Å². The molecule has 1 aromatic rings. The van der Waals surface area contributed by atoms with Crippen LogP contribution in [0.1, 0.15) is 49.2 Å². The molecule has 1 fully saturated rings. The van der Waals surface area contributed by atoms with Gasteiger partial charge in [-0.25, -0.2) is 0 Å². The molecule has 1 aromatic heterocycles. The molecule has 1 N–H and O–H groups in total. The Bertz CT molecular complexity index is 509. The Morgan fingerprint density at radius 2 is 2.20 bits per heavy atom. The third-order valence-electron chi connectivity index (χ3n) is 4.67. The maximum Gasteiger partial charge on any atom is 0.326 e. The van der Waals surface area contributed by atoms with Crippen LogP contribution in [0.4, 0.5) is 0 Å². The predicted molar refractivity (Wildman–Crippen MR) is 77.7 cm³/mol. The van der Waals surface area contributed by atoms with Crippen LogP contribution in [-0.2, 0) is 9.53 Å². The lowest BCUT2D eigenvalue weighted by atomic mass is 9.98. The molecule has 1 aliphatic rings. The van der Waals surface area contributed by atoms with E-state index in [-0.39, 0.29) is 12.0 Å². The number of rotatable bonds is 4. The molecule has 1 aliphatic carbocycles. The van der Waals surface area contributed by atoms with Crippen LogP contribution in [0.15, 0.2) is 0 Å². The number of aromatic nitrogens is 2. The zero-order valence-corrected chi connectivity index (χ0v) is 13.1. The van der Waals surface area contributed by atoms with Gasteiger partial charge in [-0.1, -0.05) is 0 Å². The molecule has 112 valence electrons. The Morgan fingerprint density at radius 3 is 2.70 bits per heavy atom. The van der Waals surface area contributed by atoms with E-state index >= 15 is 0 Å². The zero-order chi connectivity index (χ0) is 14.9. The molecule has 0 aliphatic heterocycles. The van der Waals surface area contributed by atoms with Crippen LogP contribution in [0.2, 0.25) is 0 Å². The van der Waals surface area contributed by atoms with Crippen LogP contribution < -0.4 is 5.32 Å². The summed E-state index contributed by atoms with van der Waals surface area (Å²) < 4.78 is 7.32. The second kappa shape index (κ2) is 5.56. The highest BCUT2D eigenvalue weighted by molar-refractivity contribution is 5.81. The number of aryl methyl sites for hydroxylation is 1. The summed E-state index contributed by atoms with van der Waals surface area (Å²) in [5, 5.41) is 7.82. The Morgan fingerprint density at radius 1 is 1.50 bits per heavy atom. The minimum Gasteiger partial charge on any atom is -0.465 e. The van der Waals surface area contributed by atoms with Crippen molar-refractivity contribution in [3.8, 4) is 0 Å². The Kier molecular flexibility index (Phi) is 4.18. The van der Waals surface area contributed by atoms with E-state index in [1.165, 1.54) is 11.3 Å². The first-order chi connectivity index (χ1) is 9.45. The van der Waals surface area contributed by atoms with E-state index in [0.29, 0.717) is 6.61 Å². The molecule has 1 heterocycles. The van der Waals surface area contributed by atoms with E-state index in [1.54, 1.807) is 0 Å². The number of carbonyl (C=O) groups is 1. The van der Waals surface area contributed by atoms with Gasteiger partial charge >= 0.3 is 5.97 Å². The Labute approximate surface area is 120 Å². The summed E-state index contributed by atoms with van der Waals surface area (Å²) in [7, 11) is 1.84. The number of esters is 1. The summed E-state index contributed by atoms with van der Waals surface area (Å²) in [5.41, 5.74) is 2.95. The topological polar surface area (TPSA) is 56.1 Å². The van der Waals surface area contributed by atoms with E-state index in [2.05, 4.69) is 28.9 Å². The fraction of sp³-hybridized carbons (Fsp3) is 0.733. The number of hydrogen-bond donors (Lipinski definition) is 1. The SMILES string of the molecule is CCOC(=O)C1(NC)CCC(n2nc(C)c(C)c2C)C1. The second-order valence-electron chi connectivity index (χ2n) is 5.69. The van der Waals surface area contributed by atoms with Gasteiger partial charge in [0.2, 0.25) is 0 Å². The third kappa shape index (κ3) is 2.35. The molecule has 5 nitrogen and oxygen atoms in total. The van der Waals surface area contributed by atoms with Crippen molar-refractivity contribution in [3.63, 3.8) is 0 Å². The Hall–Kier alpha value is -1.36. The first-order valence-electron chi connectivity index (χ1n) is 7.33. The van der Waals surface area contributed by atoms with Crippen LogP contribution in [0, 0.1) is 20.8 Å². The number of ether oxygens (including phenoxy) is 1. The molecule has 0 saturated heterocycles. The summed E-state index contributed by atoms with van der Waals surface area (Å²) in [6.45, 7) is 8.49. The number of nitrogens with one attached hydrogen (secondary N) is 1. The molecule has 2 unspecified atom stereocenters. The number of likely N-dealkylation sites (N-methyl/N-ethyl adjacent to an activating group) is 1. The van der Waals surface area contributed by atoms with Crippen LogP contribution in [0.3, 0.4) is 0 Å². The van der Waals surface area contributed by atoms with Crippen LogP contribution in [-0.4, -0.2) is 34.9 Å². The molecular formula is C15H25N3O2. The fourth-order valence-electron chi connectivity index (χ4n) is 3.11. The average Bonchev–Trinajstić information content (AvgIpc) is 2.97. The molecular weight excluding hydrogens is 254 g/mol. The lowest BCUT2D eigenvalue weighted by molar-refractivity contribution is -0.150. The lowest BCUT2D eigenvalue weighted by Crippen LogP contribution is -2.49. The molecule has 1 saturated carbocycles. The van der Waals surface area contributed by atoms with Crippen molar-refractivity contribution < 1.29 is 9.53 Å². The first kappa shape index (κ1) is 15.0. The van der Waals surface area contributed by atoms with Gasteiger partial charge in [0.05, 0.1) is 18.3 Å². The van der Waals surface area contributed by atoms with E-state index < -0.39 is 5.54 Å². The van der Waals surface area contributed by atoms with Crippen molar-refractivity contribution >= 4 is 5.97 Å². The van der Waals surface area contributed by atoms with Crippen molar-refractivity contribution in [2.24, 2.45) is 0 Å². The highest BCUT2D eigenvalue weighted by atomic mass is 16.5. The summed E-state index contributed by atoms with van der Waals surface area (Å²) >= 11 is 0. The van der Waals surface area contributed by atoms with E-state index in [4.69, 9.17) is 4.74 Å². The molecule has 2 atom stereocenters. The van der Waals surface area contributed by atoms with Crippen LogP contribution in [0.5, 0.6) is 0 Å². The van der Waals surface area contributed by atoms with Gasteiger partial charge in [-0.05, 0) is 59.6 Å². The van der Waals surface area contributed by atoms with Gasteiger partial charge in [0.1, 0.15) is 5.54 Å². The van der Waals surface area contributed by atoms with Gasteiger partial charge in [-0.3, -0.25) is 9.48 Å². The van der Waals surface area contributed by atoms with Crippen molar-refractivity contribution in [1.82, 2.24) is 15.1 Å². The molecule has 0 radical (unpaired) electrons. The number of hydrogen-bond acceptors (Lipinski definition) is 4. The monoisotopic (exact) mass is 279 g/mol. The van der Waals surface area contributed by atoms with E-state index in [0.717, 1.165) is 25.0 Å². The van der Waals surface area contributed by atoms with Gasteiger partial charge in [0.15, 0.2) is 0 Å². The minimum absolute atomic E-state index is 0.136. The molecule has 0 bridgehead atoms. The van der Waals surface area contributed by atoms with Crippen LogP contribution >= 0.6 is 0 Å². The molecule has 0 amide bonds. The fourth-order valence-corrected chi connectivity index (χ4v) is 3.11. The van der Waals surface area contributed by atoms with Gasteiger partial charge in [0.25, 0.3) is 0 Å². The predicted octanol–water partition coefficient (Wildman–Crippen LogP) is 2.05. The summed E-state index contributed by atoms with van der Waals surface area (Å²) in [5.74, 6) is -0.136. The van der Waals surface area contributed by atoms with E-state index in [9.17, 15) is 4.79 Å². The zero-order valence-electron chi connectivity index (χ0n) is 13.1. The highest BCUT2D eigenvalue weighted by Gasteiger charge is 2.46. The van der Waals surface area contributed by atoms with Crippen molar-refractivity contribution in [3.05, 3.63) is 17.0 Å². The van der Waals surface area contributed by atoms with Gasteiger partial charge < -0.3 is 10.1 Å². The maximum atomic E-state index is 12.2. The largest absolute Gasteiger partial charge is 0.465 e. The second-order valence-corrected chi connectivity index (χ2v) is 5.69. The summed E-state index contributed by atoms with van der Waals surface area (Å²) in [4.78, 5) is 12.2. The highest BCUT2D eigenvalue weighted by Crippen LogP contribution is 2.39. The van der Waals surface area contributed by atoms with Gasteiger partial charge in [-0.2, -0.15) is 5.10 Å². The first-order valence-corrected chi connectivity index (χ1v) is 7.33. The smallest absolute Gasteiger partial charge is 0.326 e. The van der Waals surface area contributed by atoms with Crippen LogP contribution in [0.25, 0.3) is 0 Å². The normalized spacial score (nSPS) is 25.9.